The van der Waals surface area contributed by atoms with Crippen LogP contribution < -0.4 is 4.74 Å². The molecule has 172 valence electrons. The quantitative estimate of drug-likeness (QED) is 0.103. The van der Waals surface area contributed by atoms with Crippen molar-refractivity contribution in [3.8, 4) is 23.0 Å². The fourth-order valence-corrected chi connectivity index (χ4v) is 7.39. The van der Waals surface area contributed by atoms with Crippen LogP contribution in [0, 0.1) is 0 Å². The van der Waals surface area contributed by atoms with Crippen LogP contribution in [0.15, 0.2) is 30.0 Å². The van der Waals surface area contributed by atoms with Gasteiger partial charge in [-0.1, -0.05) is 46.4 Å². The third kappa shape index (κ3) is 4.68. The molecule has 2 aliphatic rings. The Morgan fingerprint density at radius 2 is 1.17 bits per heavy atom. The van der Waals surface area contributed by atoms with E-state index in [0.29, 0.717) is 11.1 Å². The van der Waals surface area contributed by atoms with Crippen LogP contribution in [-0.4, -0.2) is 119 Å². The molecule has 0 aliphatic carbocycles. The third-order valence-electron chi connectivity index (χ3n) is 5.33. The molecule has 35 heavy (non-hydrogen) atoms. The molecular weight excluding hydrogens is 860 g/mol. The number of hydrogen-bond donors (Lipinski definition) is 2. The van der Waals surface area contributed by atoms with Gasteiger partial charge in [-0.25, -0.2) is 4.79 Å². The molecule has 0 fully saturated rings. The molecule has 0 amide bonds. The van der Waals surface area contributed by atoms with Gasteiger partial charge in [0, 0.05) is 108 Å². The monoisotopic (exact) mass is 857 g/mol. The molecule has 3 aromatic carbocycles. The van der Waals surface area contributed by atoms with Crippen molar-refractivity contribution < 1.29 is 24.5 Å². The maximum Gasteiger partial charge on any atom is 0.341 e. The maximum absolute atomic E-state index is 13.2. The molecule has 0 bridgehead atoms. The van der Waals surface area contributed by atoms with Crippen LogP contribution in [0.25, 0.3) is 0 Å². The van der Waals surface area contributed by atoms with Gasteiger partial charge in [-0.05, 0) is 75.9 Å². The molecule has 5 rings (SSSR count). The van der Waals surface area contributed by atoms with Crippen molar-refractivity contribution >= 4 is 219 Å². The molecule has 0 aromatic heterocycles. The topological polar surface area (TPSA) is 76.0 Å². The van der Waals surface area contributed by atoms with Crippen LogP contribution in [0.2, 0.25) is 20.1 Å². The van der Waals surface area contributed by atoms with E-state index in [4.69, 9.17) is 55.9 Å². The van der Waals surface area contributed by atoms with Gasteiger partial charge in [0.1, 0.15) is 20.4 Å². The minimum Gasteiger partial charge on any atom is -0.505 e. The fourth-order valence-electron chi connectivity index (χ4n) is 3.93. The van der Waals surface area contributed by atoms with Gasteiger partial charge >= 0.3 is 5.97 Å². The SMILES string of the molecule is O=C1OC2(c3cc(Br)c(O)c(Br)c3Oc3c2cc(Br)c(O)c3Br)c2c(Cl)c(Cl)c(Cl)c(Cl)c21.[K].[K]. The Balaban J connectivity index is 0.00000171. The molecule has 2 aliphatic heterocycles. The molecule has 1 spiro atoms. The first kappa shape index (κ1) is 32.4. The van der Waals surface area contributed by atoms with Crippen molar-refractivity contribution in [2.75, 3.05) is 0 Å². The average molecular weight is 864 g/mol. The number of halogens is 8. The summed E-state index contributed by atoms with van der Waals surface area (Å²) in [6.45, 7) is 0. The van der Waals surface area contributed by atoms with E-state index < -0.39 is 11.6 Å². The zero-order valence-electron chi connectivity index (χ0n) is 17.3. The molecule has 2 N–H and O–H groups in total. The van der Waals surface area contributed by atoms with E-state index in [1.165, 1.54) is 12.1 Å². The molecule has 2 heterocycles. The summed E-state index contributed by atoms with van der Waals surface area (Å²) in [6, 6.07) is 3.06. The average Bonchev–Trinajstić information content (AvgIpc) is 3.08. The second kappa shape index (κ2) is 11.6. The molecule has 0 saturated heterocycles. The van der Waals surface area contributed by atoms with Crippen molar-refractivity contribution in [1.82, 2.24) is 0 Å². The fraction of sp³-hybridized carbons (Fsp3) is 0.0500. The number of phenolic OH excluding ortho intramolecular Hbond substituents is 2. The number of fused-ring (bicyclic) bond motifs is 6. The second-order valence-electron chi connectivity index (χ2n) is 6.97. The van der Waals surface area contributed by atoms with E-state index in [2.05, 4.69) is 63.7 Å². The van der Waals surface area contributed by atoms with Crippen LogP contribution in [0.4, 0.5) is 0 Å². The minimum absolute atomic E-state index is 0. The van der Waals surface area contributed by atoms with Gasteiger partial charge in [0.15, 0.2) is 17.1 Å². The van der Waals surface area contributed by atoms with Gasteiger partial charge in [0.25, 0.3) is 0 Å². The van der Waals surface area contributed by atoms with Crippen molar-refractivity contribution in [3.63, 3.8) is 0 Å². The Morgan fingerprint density at radius 3 is 1.63 bits per heavy atom. The third-order valence-corrected chi connectivity index (χ3v) is 9.81. The summed E-state index contributed by atoms with van der Waals surface area (Å²) in [6.07, 6.45) is 0. The zero-order valence-corrected chi connectivity index (χ0v) is 32.9. The van der Waals surface area contributed by atoms with E-state index in [1.807, 2.05) is 0 Å². The van der Waals surface area contributed by atoms with E-state index in [1.54, 1.807) is 0 Å². The zero-order chi connectivity index (χ0) is 24.1. The molecule has 3 aromatic rings. The summed E-state index contributed by atoms with van der Waals surface area (Å²) in [5.41, 5.74) is -1.02. The Bertz CT molecular complexity index is 1410. The smallest absolute Gasteiger partial charge is 0.341 e. The number of benzene rings is 3. The van der Waals surface area contributed by atoms with Crippen LogP contribution in [-0.2, 0) is 10.3 Å². The molecule has 15 heteroatoms. The molecular formula is C20H4Br4Cl4K2O5. The van der Waals surface area contributed by atoms with Crippen LogP contribution in [0.5, 0.6) is 23.0 Å². The number of carbonyl (C=O) groups excluding carboxylic acids is 1. The minimum atomic E-state index is -1.72. The summed E-state index contributed by atoms with van der Waals surface area (Å²) in [5, 5.41) is 20.7. The number of phenols is 2. The summed E-state index contributed by atoms with van der Waals surface area (Å²) in [5.74, 6) is -0.885. The Labute approximate surface area is 337 Å². The number of rotatable bonds is 0. The largest absolute Gasteiger partial charge is 0.505 e. The summed E-state index contributed by atoms with van der Waals surface area (Å²) >= 11 is 39.0. The first-order valence-electron chi connectivity index (χ1n) is 8.63. The predicted octanol–water partition coefficient (Wildman–Crippen LogP) is 8.57. The van der Waals surface area contributed by atoms with Gasteiger partial charge < -0.3 is 19.7 Å². The summed E-state index contributed by atoms with van der Waals surface area (Å²) < 4.78 is 13.0. The molecule has 2 radical (unpaired) electrons. The van der Waals surface area contributed by atoms with Crippen molar-refractivity contribution in [3.05, 3.63) is 72.4 Å². The Hall–Kier alpha value is 2.88. The van der Waals surface area contributed by atoms with E-state index >= 15 is 0 Å². The molecule has 0 unspecified atom stereocenters. The maximum atomic E-state index is 13.2. The molecule has 5 nitrogen and oxygen atoms in total. The van der Waals surface area contributed by atoms with Crippen LogP contribution in [0.1, 0.15) is 27.0 Å². The van der Waals surface area contributed by atoms with Gasteiger partial charge in [0.2, 0.25) is 0 Å². The molecule has 0 saturated carbocycles. The number of carbonyl (C=O) groups is 1. The normalized spacial score (nSPS) is 14.2. The van der Waals surface area contributed by atoms with Crippen LogP contribution >= 0.6 is 110 Å². The number of hydrogen-bond acceptors (Lipinski definition) is 5. The van der Waals surface area contributed by atoms with Crippen molar-refractivity contribution in [2.45, 2.75) is 5.60 Å². The van der Waals surface area contributed by atoms with Crippen molar-refractivity contribution in [2.24, 2.45) is 0 Å². The first-order valence-corrected chi connectivity index (χ1v) is 13.3. The van der Waals surface area contributed by atoms with Gasteiger partial charge in [-0.15, -0.1) is 0 Å². The Morgan fingerprint density at radius 1 is 0.743 bits per heavy atom. The van der Waals surface area contributed by atoms with Gasteiger partial charge in [-0.2, -0.15) is 0 Å². The number of ether oxygens (including phenoxy) is 2. The molecule has 0 atom stereocenters. The number of esters is 1. The number of aromatic hydroxyl groups is 2. The predicted molar refractivity (Wildman–Crippen MR) is 150 cm³/mol. The van der Waals surface area contributed by atoms with Gasteiger partial charge in [-0.3, -0.25) is 0 Å². The Kier molecular flexibility index (Phi) is 10.8. The summed E-state index contributed by atoms with van der Waals surface area (Å²) in [7, 11) is 0. The van der Waals surface area contributed by atoms with E-state index in [0.717, 1.165) is 0 Å². The van der Waals surface area contributed by atoms with Crippen molar-refractivity contribution in [1.29, 1.82) is 0 Å². The van der Waals surface area contributed by atoms with E-state index in [9.17, 15) is 15.0 Å². The second-order valence-corrected chi connectivity index (χ2v) is 11.8. The summed E-state index contributed by atoms with van der Waals surface area (Å²) in [4.78, 5) is 13.2. The van der Waals surface area contributed by atoms with Gasteiger partial charge in [0.05, 0.1) is 45.7 Å². The van der Waals surface area contributed by atoms with E-state index in [-0.39, 0.29) is 175 Å². The standard InChI is InChI=1S/C20H4Br4Cl4O5.2K/c21-5-1-3-17(9(23)15(5)29)32-18-4(2-6(22)16(30)10(18)24)20(3)8-7(19(31)33-20)11(25)13(27)14(28)12(8)26;;/h1-2,29-30H;;. The van der Waals surface area contributed by atoms with Crippen LogP contribution in [0.3, 0.4) is 0 Å². The first-order chi connectivity index (χ1) is 15.4.